The van der Waals surface area contributed by atoms with E-state index in [1.807, 2.05) is 30.3 Å². The number of hydrogen-bond donors (Lipinski definition) is 2. The topological polar surface area (TPSA) is 101 Å². The number of nitrogens with zero attached hydrogens (tertiary/aromatic N) is 2. The summed E-state index contributed by atoms with van der Waals surface area (Å²) in [6, 6.07) is 8.80. The average molecular weight is 368 g/mol. The third-order valence-corrected chi connectivity index (χ3v) is 5.92. The highest BCUT2D eigenvalue weighted by molar-refractivity contribution is 7.91. The van der Waals surface area contributed by atoms with Crippen LogP contribution in [0.15, 0.2) is 34.7 Å². The van der Waals surface area contributed by atoms with Gasteiger partial charge in [-0.15, -0.1) is 10.2 Å². The molecular formula is C15H20N4O3S2. The van der Waals surface area contributed by atoms with Crippen molar-refractivity contribution in [3.8, 4) is 0 Å². The fourth-order valence-corrected chi connectivity index (χ4v) is 3.89. The van der Waals surface area contributed by atoms with Crippen molar-refractivity contribution in [2.75, 3.05) is 5.32 Å². The summed E-state index contributed by atoms with van der Waals surface area (Å²) >= 11 is 0.817. The largest absolute Gasteiger partial charge is 0.300 e. The van der Waals surface area contributed by atoms with Gasteiger partial charge in [-0.3, -0.25) is 4.79 Å². The van der Waals surface area contributed by atoms with Crippen LogP contribution in [0, 0.1) is 5.41 Å². The zero-order chi connectivity index (χ0) is 18.0. The number of hydrogen-bond acceptors (Lipinski definition) is 6. The van der Waals surface area contributed by atoms with Crippen LogP contribution in [0.1, 0.15) is 39.3 Å². The molecule has 130 valence electrons. The molecule has 0 fully saturated rings. The number of sulfonamides is 1. The third kappa shape index (κ3) is 4.59. The molecule has 0 bridgehead atoms. The zero-order valence-electron chi connectivity index (χ0n) is 13.9. The average Bonchev–Trinajstić information content (AvgIpc) is 2.96. The highest BCUT2D eigenvalue weighted by atomic mass is 32.2. The molecular weight excluding hydrogens is 348 g/mol. The van der Waals surface area contributed by atoms with E-state index in [0.717, 1.165) is 16.9 Å². The maximum atomic E-state index is 12.4. The molecule has 0 unspecified atom stereocenters. The molecule has 1 aromatic carbocycles. The van der Waals surface area contributed by atoms with Crippen LogP contribution in [-0.2, 0) is 14.8 Å². The van der Waals surface area contributed by atoms with E-state index in [4.69, 9.17) is 0 Å². The van der Waals surface area contributed by atoms with Gasteiger partial charge < -0.3 is 5.32 Å². The summed E-state index contributed by atoms with van der Waals surface area (Å²) in [5, 5.41) is 10.1. The number of aromatic nitrogens is 2. The first-order chi connectivity index (χ1) is 11.1. The molecule has 7 nitrogen and oxygen atoms in total. The summed E-state index contributed by atoms with van der Waals surface area (Å²) in [6.07, 6.45) is 0. The number of carbonyl (C=O) groups is 1. The van der Waals surface area contributed by atoms with Gasteiger partial charge in [-0.2, -0.15) is 0 Å². The fraction of sp³-hybridized carbons (Fsp3) is 0.400. The Bertz CT molecular complexity index is 811. The van der Waals surface area contributed by atoms with Crippen LogP contribution < -0.4 is 10.0 Å². The maximum Gasteiger partial charge on any atom is 0.270 e. The minimum absolute atomic E-state index is 0.155. The molecule has 2 N–H and O–H groups in total. The molecule has 2 rings (SSSR count). The van der Waals surface area contributed by atoms with Crippen molar-refractivity contribution in [2.45, 2.75) is 38.1 Å². The molecule has 24 heavy (non-hydrogen) atoms. The van der Waals surface area contributed by atoms with Crippen molar-refractivity contribution < 1.29 is 13.2 Å². The van der Waals surface area contributed by atoms with E-state index in [0.29, 0.717) is 0 Å². The lowest BCUT2D eigenvalue weighted by molar-refractivity contribution is -0.123. The number of benzene rings is 1. The first kappa shape index (κ1) is 18.5. The van der Waals surface area contributed by atoms with Crippen molar-refractivity contribution in [1.29, 1.82) is 0 Å². The van der Waals surface area contributed by atoms with Crippen LogP contribution >= 0.6 is 11.3 Å². The van der Waals surface area contributed by atoms with Gasteiger partial charge in [0, 0.05) is 11.5 Å². The lowest BCUT2D eigenvalue weighted by Gasteiger charge is -2.15. The Kier molecular flexibility index (Phi) is 5.36. The standard InChI is InChI=1S/C15H20N4O3S2/c1-10(11-8-6-5-7-9-11)19-24(21,22)14-18-17-13(23-14)16-12(20)15(2,3)4/h5-10,19H,1-4H3,(H,16,17,20)/t10-/m1/s1. The molecule has 0 aliphatic rings. The molecule has 0 saturated carbocycles. The highest BCUT2D eigenvalue weighted by Gasteiger charge is 2.26. The van der Waals surface area contributed by atoms with Gasteiger partial charge in [0.05, 0.1) is 0 Å². The molecule has 2 aromatic rings. The molecule has 1 aromatic heterocycles. The van der Waals surface area contributed by atoms with Gasteiger partial charge in [-0.05, 0) is 12.5 Å². The van der Waals surface area contributed by atoms with Crippen molar-refractivity contribution in [3.63, 3.8) is 0 Å². The summed E-state index contributed by atoms with van der Waals surface area (Å²) in [5.74, 6) is -0.256. The summed E-state index contributed by atoms with van der Waals surface area (Å²) in [6.45, 7) is 7.01. The SMILES string of the molecule is C[C@@H](NS(=O)(=O)c1nnc(NC(=O)C(C)(C)C)s1)c1ccccc1. The molecule has 1 heterocycles. The first-order valence-electron chi connectivity index (χ1n) is 7.32. The Morgan fingerprint density at radius 1 is 1.17 bits per heavy atom. The lowest BCUT2D eigenvalue weighted by atomic mass is 9.96. The van der Waals surface area contributed by atoms with Crippen LogP contribution in [0.5, 0.6) is 0 Å². The normalized spacial score (nSPS) is 13.5. The summed E-state index contributed by atoms with van der Waals surface area (Å²) < 4.78 is 27.2. The highest BCUT2D eigenvalue weighted by Crippen LogP contribution is 2.24. The van der Waals surface area contributed by atoms with Gasteiger partial charge >= 0.3 is 0 Å². The Morgan fingerprint density at radius 3 is 2.38 bits per heavy atom. The second-order valence-electron chi connectivity index (χ2n) is 6.33. The number of carbonyl (C=O) groups excluding carboxylic acids is 1. The van der Waals surface area contributed by atoms with Crippen LogP contribution in [-0.4, -0.2) is 24.5 Å². The Labute approximate surface area is 145 Å². The van der Waals surface area contributed by atoms with Crippen LogP contribution in [0.4, 0.5) is 5.13 Å². The zero-order valence-corrected chi connectivity index (χ0v) is 15.5. The van der Waals surface area contributed by atoms with E-state index in [1.165, 1.54) is 0 Å². The Morgan fingerprint density at radius 2 is 1.79 bits per heavy atom. The predicted octanol–water partition coefficient (Wildman–Crippen LogP) is 2.56. The fourth-order valence-electron chi connectivity index (χ4n) is 1.75. The predicted molar refractivity (Wildman–Crippen MR) is 93.2 cm³/mol. The summed E-state index contributed by atoms with van der Waals surface area (Å²) in [7, 11) is -3.81. The monoisotopic (exact) mass is 368 g/mol. The van der Waals surface area contributed by atoms with Crippen LogP contribution in [0.3, 0.4) is 0 Å². The molecule has 0 aliphatic carbocycles. The van der Waals surface area contributed by atoms with Gasteiger partial charge in [0.1, 0.15) is 0 Å². The molecule has 1 amide bonds. The number of rotatable bonds is 5. The molecule has 0 aliphatic heterocycles. The number of nitrogens with one attached hydrogen (secondary N) is 2. The van der Waals surface area contributed by atoms with Crippen LogP contribution in [0.2, 0.25) is 0 Å². The minimum atomic E-state index is -3.81. The van der Waals surface area contributed by atoms with Gasteiger partial charge in [0.2, 0.25) is 15.4 Å². The first-order valence-corrected chi connectivity index (χ1v) is 9.62. The second kappa shape index (κ2) is 6.96. The smallest absolute Gasteiger partial charge is 0.270 e. The molecule has 9 heteroatoms. The molecule has 1 atom stereocenters. The molecule has 0 saturated heterocycles. The van der Waals surface area contributed by atoms with E-state index in [-0.39, 0.29) is 15.4 Å². The van der Waals surface area contributed by atoms with Gasteiger partial charge in [-0.25, -0.2) is 13.1 Å². The van der Waals surface area contributed by atoms with Crippen molar-refractivity contribution in [3.05, 3.63) is 35.9 Å². The summed E-state index contributed by atoms with van der Waals surface area (Å²) in [5.41, 5.74) is 0.233. The van der Waals surface area contributed by atoms with Crippen LogP contribution in [0.25, 0.3) is 0 Å². The second-order valence-corrected chi connectivity index (χ2v) is 9.20. The van der Waals surface area contributed by atoms with E-state index in [2.05, 4.69) is 20.2 Å². The van der Waals surface area contributed by atoms with Gasteiger partial charge in [0.15, 0.2) is 0 Å². The van der Waals surface area contributed by atoms with E-state index in [9.17, 15) is 13.2 Å². The lowest BCUT2D eigenvalue weighted by Crippen LogP contribution is -2.27. The van der Waals surface area contributed by atoms with E-state index < -0.39 is 21.5 Å². The van der Waals surface area contributed by atoms with Crippen molar-refractivity contribution in [1.82, 2.24) is 14.9 Å². The van der Waals surface area contributed by atoms with Gasteiger partial charge in [-0.1, -0.05) is 62.4 Å². The third-order valence-electron chi connectivity index (χ3n) is 3.17. The Balaban J connectivity index is 2.12. The maximum absolute atomic E-state index is 12.4. The van der Waals surface area contributed by atoms with E-state index in [1.54, 1.807) is 27.7 Å². The summed E-state index contributed by atoms with van der Waals surface area (Å²) in [4.78, 5) is 11.9. The number of amides is 1. The quantitative estimate of drug-likeness (QED) is 0.790. The Hall–Kier alpha value is -1.84. The number of anilines is 1. The minimum Gasteiger partial charge on any atom is -0.300 e. The molecule has 0 spiro atoms. The van der Waals surface area contributed by atoms with Crippen molar-refractivity contribution in [2.24, 2.45) is 5.41 Å². The van der Waals surface area contributed by atoms with Crippen molar-refractivity contribution >= 4 is 32.4 Å². The van der Waals surface area contributed by atoms with Gasteiger partial charge in [0.25, 0.3) is 10.0 Å². The van der Waals surface area contributed by atoms with E-state index >= 15 is 0 Å². The molecule has 0 radical (unpaired) electrons.